The minimum atomic E-state index is -0.965. The van der Waals surface area contributed by atoms with Crippen molar-refractivity contribution in [2.45, 2.75) is 13.3 Å². The van der Waals surface area contributed by atoms with E-state index in [2.05, 4.69) is 0 Å². The number of rotatable bonds is 6. The quantitative estimate of drug-likeness (QED) is 0.423. The van der Waals surface area contributed by atoms with Crippen molar-refractivity contribution in [1.29, 1.82) is 0 Å². The molecule has 174 valence electrons. The Labute approximate surface area is 200 Å². The Hall–Kier alpha value is -4.52. The maximum Gasteiger partial charge on any atom is 0.307 e. The van der Waals surface area contributed by atoms with Crippen LogP contribution in [0.4, 0.5) is 0 Å². The molecule has 0 saturated heterocycles. The lowest BCUT2D eigenvalue weighted by atomic mass is 10.1. The summed E-state index contributed by atoms with van der Waals surface area (Å²) in [5.41, 5.74) is 3.06. The van der Waals surface area contributed by atoms with Gasteiger partial charge in [-0.3, -0.25) is 23.7 Å². The van der Waals surface area contributed by atoms with Crippen LogP contribution in [0.3, 0.4) is 0 Å². The fourth-order valence-electron chi connectivity index (χ4n) is 4.63. The number of carboxylic acids is 1. The highest BCUT2D eigenvalue weighted by Gasteiger charge is 2.38. The zero-order valence-electron chi connectivity index (χ0n) is 18.9. The second-order valence-electron chi connectivity index (χ2n) is 8.45. The van der Waals surface area contributed by atoms with Crippen LogP contribution in [0.2, 0.25) is 0 Å². The van der Waals surface area contributed by atoms with E-state index in [1.165, 1.54) is 4.57 Å². The fourth-order valence-corrected chi connectivity index (χ4v) is 4.63. The Morgan fingerprint density at radius 3 is 2.11 bits per heavy atom. The Bertz CT molecular complexity index is 1480. The van der Waals surface area contributed by atoms with Crippen molar-refractivity contribution in [3.8, 4) is 5.75 Å². The van der Waals surface area contributed by atoms with Gasteiger partial charge >= 0.3 is 5.97 Å². The molecule has 1 aliphatic carbocycles. The van der Waals surface area contributed by atoms with Gasteiger partial charge in [-0.1, -0.05) is 42.5 Å². The van der Waals surface area contributed by atoms with Gasteiger partial charge in [-0.2, -0.15) is 0 Å². The van der Waals surface area contributed by atoms with Crippen LogP contribution in [0.5, 0.6) is 5.75 Å². The summed E-state index contributed by atoms with van der Waals surface area (Å²) < 4.78 is 7.24. The first-order chi connectivity index (χ1) is 16.9. The van der Waals surface area contributed by atoms with Crippen LogP contribution in [-0.4, -0.2) is 39.7 Å². The highest BCUT2D eigenvalue weighted by molar-refractivity contribution is 6.26. The van der Waals surface area contributed by atoms with E-state index in [9.17, 15) is 24.3 Å². The Balaban J connectivity index is 1.36. The fraction of sp³-hybridized carbons (Fsp3) is 0.143. The number of carboxylic acid groups (broad SMARTS) is 1. The van der Waals surface area contributed by atoms with Crippen molar-refractivity contribution >= 4 is 34.3 Å². The van der Waals surface area contributed by atoms with Crippen molar-refractivity contribution in [2.75, 3.05) is 6.61 Å². The molecule has 0 amide bonds. The van der Waals surface area contributed by atoms with Crippen LogP contribution >= 0.6 is 0 Å². The number of fused-ring (bicyclic) bond motifs is 2. The lowest BCUT2D eigenvalue weighted by Gasteiger charge is -2.11. The molecule has 35 heavy (non-hydrogen) atoms. The van der Waals surface area contributed by atoms with Crippen LogP contribution in [0.1, 0.15) is 42.3 Å². The summed E-state index contributed by atoms with van der Waals surface area (Å²) in [5, 5.41) is 10.0. The molecule has 7 heteroatoms. The van der Waals surface area contributed by atoms with Crippen LogP contribution in [0.15, 0.2) is 72.8 Å². The average molecular weight is 467 g/mol. The molecule has 0 spiro atoms. The third kappa shape index (κ3) is 3.81. The molecule has 0 fully saturated rings. The highest BCUT2D eigenvalue weighted by Crippen LogP contribution is 2.29. The van der Waals surface area contributed by atoms with Crippen molar-refractivity contribution in [1.82, 2.24) is 4.57 Å². The van der Waals surface area contributed by atoms with Gasteiger partial charge in [-0.05, 0) is 42.8 Å². The largest absolute Gasteiger partial charge is 0.492 e. The summed E-state index contributed by atoms with van der Waals surface area (Å²) in [4.78, 5) is 49.8. The number of ketones is 2. The Morgan fingerprint density at radius 1 is 0.886 bits per heavy atom. The number of hydrogen-bond donors (Lipinski definition) is 1. The molecule has 1 aromatic heterocycles. The smallest absolute Gasteiger partial charge is 0.307 e. The first-order valence-electron chi connectivity index (χ1n) is 11.1. The molecule has 1 heterocycles. The van der Waals surface area contributed by atoms with Crippen molar-refractivity contribution in [2.24, 2.45) is 5.92 Å². The van der Waals surface area contributed by atoms with E-state index in [0.29, 0.717) is 39.2 Å². The summed E-state index contributed by atoms with van der Waals surface area (Å²) >= 11 is 0. The molecular weight excluding hydrogens is 446 g/mol. The highest BCUT2D eigenvalue weighted by atomic mass is 16.5. The monoisotopic (exact) mass is 467 g/mol. The van der Waals surface area contributed by atoms with Crippen LogP contribution in [0, 0.1) is 12.8 Å². The zero-order valence-corrected chi connectivity index (χ0v) is 18.9. The number of aromatic nitrogens is 1. The topological polar surface area (TPSA) is 103 Å². The molecule has 0 atom stereocenters. The van der Waals surface area contributed by atoms with E-state index >= 15 is 0 Å². The van der Waals surface area contributed by atoms with Crippen LogP contribution in [-0.2, 0) is 11.2 Å². The molecular formula is C28H21NO6. The summed E-state index contributed by atoms with van der Waals surface area (Å²) in [5.74, 6) is -2.20. The molecule has 3 aromatic carbocycles. The molecule has 1 aliphatic rings. The molecule has 0 aliphatic heterocycles. The van der Waals surface area contributed by atoms with Crippen LogP contribution < -0.4 is 4.74 Å². The number of para-hydroxylation sites is 1. The van der Waals surface area contributed by atoms with Gasteiger partial charge < -0.3 is 9.84 Å². The van der Waals surface area contributed by atoms with Crippen LogP contribution in [0.25, 0.3) is 10.9 Å². The van der Waals surface area contributed by atoms with Gasteiger partial charge in [0.15, 0.2) is 11.6 Å². The molecule has 0 bridgehead atoms. The number of benzene rings is 3. The SMILES string of the molecule is Cc1c(CC(=O)O)c2ccccc2n1C(=O)c1ccc(OCC2C(=O)c3ccccc3C2=O)cc1. The van der Waals surface area contributed by atoms with Crippen molar-refractivity contribution in [3.05, 3.63) is 101 Å². The Kier molecular flexibility index (Phi) is 5.53. The molecule has 5 rings (SSSR count). The molecule has 0 unspecified atom stereocenters. The van der Waals surface area contributed by atoms with Gasteiger partial charge in [0.25, 0.3) is 5.91 Å². The van der Waals surface area contributed by atoms with E-state index < -0.39 is 11.9 Å². The van der Waals surface area contributed by atoms with Gasteiger partial charge in [0.05, 0.1) is 11.9 Å². The standard InChI is InChI=1S/C28H21NO6/c1-16-22(14-25(30)31)19-6-4-5-9-24(19)29(16)28(34)17-10-12-18(13-11-17)35-15-23-26(32)20-7-2-3-8-21(20)27(23)33/h2-13,23H,14-15H2,1H3,(H,30,31). The van der Waals surface area contributed by atoms with E-state index in [0.717, 1.165) is 5.39 Å². The lowest BCUT2D eigenvalue weighted by molar-refractivity contribution is -0.136. The van der Waals surface area contributed by atoms with E-state index in [-0.39, 0.29) is 30.5 Å². The maximum atomic E-state index is 13.4. The number of carbonyl (C=O) groups excluding carboxylic acids is 3. The Morgan fingerprint density at radius 2 is 1.49 bits per heavy atom. The number of aliphatic carboxylic acids is 1. The van der Waals surface area contributed by atoms with Gasteiger partial charge in [0, 0.05) is 27.8 Å². The van der Waals surface area contributed by atoms with Crippen molar-refractivity contribution in [3.63, 3.8) is 0 Å². The predicted octanol–water partition coefficient (Wildman–Crippen LogP) is 4.34. The van der Waals surface area contributed by atoms with Crippen molar-refractivity contribution < 1.29 is 29.0 Å². The summed E-state index contributed by atoms with van der Waals surface area (Å²) in [6.45, 7) is 1.65. The molecule has 4 aromatic rings. The van der Waals surface area contributed by atoms with E-state index in [1.54, 1.807) is 67.6 Å². The predicted molar refractivity (Wildman–Crippen MR) is 128 cm³/mol. The number of nitrogens with zero attached hydrogens (tertiary/aromatic N) is 1. The van der Waals surface area contributed by atoms with E-state index in [4.69, 9.17) is 4.74 Å². The van der Waals surface area contributed by atoms with Gasteiger partial charge in [0.1, 0.15) is 18.3 Å². The average Bonchev–Trinajstić information content (AvgIpc) is 3.27. The number of Topliss-reactive ketones (excluding diaryl/α,β-unsaturated/α-hetero) is 2. The summed E-state index contributed by atoms with van der Waals surface area (Å²) in [6, 6.07) is 20.4. The normalized spacial score (nSPS) is 13.3. The minimum Gasteiger partial charge on any atom is -0.492 e. The third-order valence-corrected chi connectivity index (χ3v) is 6.38. The molecule has 1 N–H and O–H groups in total. The van der Waals surface area contributed by atoms with Gasteiger partial charge in [0.2, 0.25) is 0 Å². The second-order valence-corrected chi connectivity index (χ2v) is 8.45. The number of hydrogen-bond acceptors (Lipinski definition) is 5. The summed E-state index contributed by atoms with van der Waals surface area (Å²) in [7, 11) is 0. The first kappa shape index (κ1) is 22.3. The first-order valence-corrected chi connectivity index (χ1v) is 11.1. The summed E-state index contributed by atoms with van der Waals surface area (Å²) in [6.07, 6.45) is -0.179. The third-order valence-electron chi connectivity index (χ3n) is 6.38. The number of ether oxygens (including phenoxy) is 1. The van der Waals surface area contributed by atoms with Gasteiger partial charge in [-0.15, -0.1) is 0 Å². The lowest BCUT2D eigenvalue weighted by Crippen LogP contribution is -2.23. The number of carbonyl (C=O) groups is 4. The molecule has 0 saturated carbocycles. The minimum absolute atomic E-state index is 0.0838. The molecule has 7 nitrogen and oxygen atoms in total. The molecule has 0 radical (unpaired) electrons. The zero-order chi connectivity index (χ0) is 24.7. The van der Waals surface area contributed by atoms with Gasteiger partial charge in [-0.25, -0.2) is 0 Å². The van der Waals surface area contributed by atoms with E-state index in [1.807, 2.05) is 12.1 Å². The second kappa shape index (κ2) is 8.68. The maximum absolute atomic E-state index is 13.4.